The van der Waals surface area contributed by atoms with Crippen LogP contribution in [-0.4, -0.2) is 53.0 Å². The second-order valence-electron chi connectivity index (χ2n) is 12.4. The monoisotopic (exact) mass is 642 g/mol. The van der Waals surface area contributed by atoms with Crippen molar-refractivity contribution in [1.82, 2.24) is 24.9 Å². The first-order chi connectivity index (χ1) is 23.0. The Labute approximate surface area is 274 Å². The van der Waals surface area contributed by atoms with E-state index in [0.717, 1.165) is 71.9 Å². The number of nitrogens with one attached hydrogen (secondary N) is 2. The number of H-pyrrole nitrogens is 2. The number of fused-ring (bicyclic) bond motifs is 9. The summed E-state index contributed by atoms with van der Waals surface area (Å²) in [6, 6.07) is 9.47. The Balaban J connectivity index is 1.72. The van der Waals surface area contributed by atoms with Gasteiger partial charge in [0.05, 0.1) is 33.5 Å². The van der Waals surface area contributed by atoms with E-state index in [-0.39, 0.29) is 24.8 Å². The number of pyridine rings is 1. The molecule has 0 radical (unpaired) electrons. The molecule has 1 aromatic carbocycles. The van der Waals surface area contributed by atoms with Gasteiger partial charge in [0.25, 0.3) is 5.91 Å². The van der Waals surface area contributed by atoms with Crippen LogP contribution in [0, 0.1) is 13.8 Å². The first kappa shape index (κ1) is 30.8. The number of allylic oxidation sites excluding steroid dienone is 2. The highest BCUT2D eigenvalue weighted by Gasteiger charge is 2.24. The Hall–Kier alpha value is -5.84. The number of aromatic amines is 2. The van der Waals surface area contributed by atoms with Crippen molar-refractivity contribution in [3.05, 3.63) is 75.7 Å². The second-order valence-corrected chi connectivity index (χ2v) is 12.4. The molecule has 0 spiro atoms. The topological polar surface area (TPSA) is 188 Å². The summed E-state index contributed by atoms with van der Waals surface area (Å²) >= 11 is 0. The van der Waals surface area contributed by atoms with Crippen LogP contribution in [-0.2, 0) is 22.4 Å². The van der Waals surface area contributed by atoms with Crippen molar-refractivity contribution in [3.8, 4) is 0 Å². The number of primary amides is 1. The van der Waals surface area contributed by atoms with Gasteiger partial charge in [-0.15, -0.1) is 0 Å². The van der Waals surface area contributed by atoms with E-state index < -0.39 is 17.8 Å². The lowest BCUT2D eigenvalue weighted by molar-refractivity contribution is -0.138. The van der Waals surface area contributed by atoms with Crippen molar-refractivity contribution in [2.75, 3.05) is 0 Å². The molecule has 1 aliphatic rings. The zero-order valence-electron chi connectivity index (χ0n) is 27.0. The van der Waals surface area contributed by atoms with E-state index in [1.807, 2.05) is 45.0 Å². The lowest BCUT2D eigenvalue weighted by Gasteiger charge is -2.07. The Kier molecular flexibility index (Phi) is 7.34. The fourth-order valence-corrected chi connectivity index (χ4v) is 7.13. The number of amides is 1. The number of carbonyl (C=O) groups is 3. The Bertz CT molecular complexity index is 2520. The normalized spacial score (nSPS) is 12.6. The van der Waals surface area contributed by atoms with Crippen molar-refractivity contribution in [2.24, 2.45) is 5.73 Å². The van der Waals surface area contributed by atoms with Crippen molar-refractivity contribution in [3.63, 3.8) is 0 Å². The maximum absolute atomic E-state index is 12.8. The van der Waals surface area contributed by atoms with Crippen molar-refractivity contribution in [2.45, 2.75) is 59.8 Å². The van der Waals surface area contributed by atoms with Crippen molar-refractivity contribution >= 4 is 83.8 Å². The van der Waals surface area contributed by atoms with Crippen LogP contribution in [0.3, 0.4) is 0 Å². The fourth-order valence-electron chi connectivity index (χ4n) is 7.13. The van der Waals surface area contributed by atoms with E-state index in [9.17, 15) is 24.6 Å². The van der Waals surface area contributed by atoms with E-state index in [1.54, 1.807) is 12.3 Å². The Morgan fingerprint density at radius 2 is 1.42 bits per heavy atom. The molecular weight excluding hydrogens is 608 g/mol. The molecule has 0 unspecified atom stereocenters. The summed E-state index contributed by atoms with van der Waals surface area (Å²) in [5.74, 6) is -2.40. The summed E-state index contributed by atoms with van der Waals surface area (Å²) in [5, 5.41) is 21.3. The van der Waals surface area contributed by atoms with E-state index in [1.165, 1.54) is 0 Å². The van der Waals surface area contributed by atoms with Crippen LogP contribution in [0.4, 0.5) is 0 Å². The molecule has 5 aromatic heterocycles. The third-order valence-corrected chi connectivity index (χ3v) is 9.65. The summed E-state index contributed by atoms with van der Waals surface area (Å²) in [5.41, 5.74) is 17.9. The highest BCUT2D eigenvalue weighted by atomic mass is 16.4. The molecule has 6 aromatic rings. The molecule has 242 valence electrons. The van der Waals surface area contributed by atoms with Gasteiger partial charge in [-0.25, -0.2) is 9.97 Å². The molecule has 11 heteroatoms. The van der Waals surface area contributed by atoms with Crippen LogP contribution in [0.15, 0.2) is 36.5 Å². The predicted molar refractivity (Wildman–Crippen MR) is 186 cm³/mol. The zero-order valence-corrected chi connectivity index (χ0v) is 27.0. The second kappa shape index (κ2) is 11.4. The largest absolute Gasteiger partial charge is 0.481 e. The van der Waals surface area contributed by atoms with Gasteiger partial charge >= 0.3 is 11.9 Å². The lowest BCUT2D eigenvalue weighted by Crippen LogP contribution is -2.12. The average Bonchev–Trinajstić information content (AvgIpc) is 3.74. The number of carboxylic acids is 2. The summed E-state index contributed by atoms with van der Waals surface area (Å²) in [4.78, 5) is 58.0. The fraction of sp³-hybridized carbons (Fsp3) is 0.243. The highest BCUT2D eigenvalue weighted by Crippen LogP contribution is 2.40. The van der Waals surface area contributed by atoms with E-state index in [4.69, 9.17) is 15.7 Å². The molecule has 0 aliphatic carbocycles. The van der Waals surface area contributed by atoms with E-state index in [0.29, 0.717) is 40.5 Å². The molecule has 6 heterocycles. The van der Waals surface area contributed by atoms with Crippen molar-refractivity contribution in [1.29, 1.82) is 0 Å². The number of rotatable bonds is 8. The number of aryl methyl sites for hydroxylation is 4. The number of hydrogen-bond donors (Lipinski definition) is 5. The van der Waals surface area contributed by atoms with Gasteiger partial charge in [0.15, 0.2) is 0 Å². The van der Waals surface area contributed by atoms with Crippen LogP contribution in [0.1, 0.15) is 77.1 Å². The number of aromatic nitrogens is 5. The zero-order chi connectivity index (χ0) is 34.0. The van der Waals surface area contributed by atoms with Gasteiger partial charge in [0.1, 0.15) is 0 Å². The van der Waals surface area contributed by atoms with Gasteiger partial charge in [-0.2, -0.15) is 0 Å². The smallest absolute Gasteiger partial charge is 0.303 e. The number of nitrogens with two attached hydrogens (primary N) is 1. The number of benzene rings is 1. The van der Waals surface area contributed by atoms with Crippen LogP contribution < -0.4 is 5.73 Å². The van der Waals surface area contributed by atoms with Gasteiger partial charge in [-0.1, -0.05) is 6.92 Å². The van der Waals surface area contributed by atoms with Gasteiger partial charge in [0.2, 0.25) is 0 Å². The molecule has 0 saturated carbocycles. The number of hydrogen-bond acceptors (Lipinski definition) is 6. The molecule has 6 N–H and O–H groups in total. The molecule has 0 atom stereocenters. The van der Waals surface area contributed by atoms with E-state index >= 15 is 0 Å². The minimum Gasteiger partial charge on any atom is -0.481 e. The molecule has 0 saturated heterocycles. The quantitative estimate of drug-likeness (QED) is 0.119. The summed E-state index contributed by atoms with van der Waals surface area (Å²) in [6.45, 7) is 7.99. The molecule has 11 nitrogen and oxygen atoms in total. The number of carboxylic acid groups (broad SMARTS) is 2. The first-order valence-corrected chi connectivity index (χ1v) is 15.9. The minimum absolute atomic E-state index is 0.0487. The van der Waals surface area contributed by atoms with Gasteiger partial charge < -0.3 is 25.9 Å². The molecule has 0 fully saturated rings. The summed E-state index contributed by atoms with van der Waals surface area (Å²) < 4.78 is 0. The summed E-state index contributed by atoms with van der Waals surface area (Å²) in [6.07, 6.45) is 2.81. The highest BCUT2D eigenvalue weighted by molar-refractivity contribution is 6.25. The van der Waals surface area contributed by atoms with Crippen LogP contribution in [0.2, 0.25) is 0 Å². The molecular formula is C37H34N6O5. The maximum atomic E-state index is 12.8. The number of aliphatic carboxylic acids is 2. The van der Waals surface area contributed by atoms with Crippen molar-refractivity contribution < 1.29 is 24.6 Å². The standard InChI is InChI=1S/C37H34N6O5/c1-5-19-16(2)27-13-25-17(3)20(6-8-31(44)45)28(40-25)15-29-21(7-9-32(46)47)18(4)26(41-29)14-30-22-10-11-39-35-24(37(38)48)12-23(34(19)42-27)36(43-30)33(22)35/h10-15,40-41H,5-9H2,1-4H3,(H2,38,48)(H,44,45)(H,46,47). The molecule has 1 amide bonds. The van der Waals surface area contributed by atoms with Gasteiger partial charge in [0, 0.05) is 57.3 Å². The van der Waals surface area contributed by atoms with Crippen LogP contribution in [0.5, 0.6) is 0 Å². The molecule has 48 heavy (non-hydrogen) atoms. The molecule has 8 bridgehead atoms. The van der Waals surface area contributed by atoms with Crippen LogP contribution >= 0.6 is 0 Å². The third-order valence-electron chi connectivity index (χ3n) is 9.65. The van der Waals surface area contributed by atoms with Gasteiger partial charge in [-0.05, 0) is 104 Å². The third kappa shape index (κ3) is 4.90. The number of nitrogens with zero attached hydrogens (tertiary/aromatic N) is 3. The SMILES string of the molecule is CCC1=C(C)c2cc3[nH]c(cc4[nH]c(cc5nc6c(cc(C(N)=O)c7nccc5c76)c1n2)c(C)c4CCC(=O)O)c(CCC(=O)O)c3C. The Morgan fingerprint density at radius 3 is 2.00 bits per heavy atom. The minimum atomic E-state index is -0.906. The predicted octanol–water partition coefficient (Wildman–Crippen LogP) is 6.82. The van der Waals surface area contributed by atoms with Gasteiger partial charge in [-0.3, -0.25) is 19.4 Å². The summed E-state index contributed by atoms with van der Waals surface area (Å²) in [7, 11) is 0. The average molecular weight is 643 g/mol. The van der Waals surface area contributed by atoms with E-state index in [2.05, 4.69) is 21.9 Å². The van der Waals surface area contributed by atoms with Crippen LogP contribution in [0.25, 0.3) is 65.9 Å². The lowest BCUT2D eigenvalue weighted by atomic mass is 9.97. The molecule has 1 aliphatic heterocycles. The first-order valence-electron chi connectivity index (χ1n) is 15.9. The molecule has 7 rings (SSSR count). The maximum Gasteiger partial charge on any atom is 0.303 e. The number of carbonyl (C=O) groups excluding carboxylic acids is 1. The Morgan fingerprint density at radius 1 is 0.792 bits per heavy atom.